The zero-order valence-electron chi connectivity index (χ0n) is 17.3. The van der Waals surface area contributed by atoms with Gasteiger partial charge in [-0.3, -0.25) is 9.59 Å². The predicted molar refractivity (Wildman–Crippen MR) is 126 cm³/mol. The molecule has 32 heavy (non-hydrogen) atoms. The lowest BCUT2D eigenvalue weighted by molar-refractivity contribution is -0.115. The molecular weight excluding hydrogens is 449 g/mol. The van der Waals surface area contributed by atoms with E-state index in [1.807, 2.05) is 44.2 Å². The molecule has 0 aliphatic rings. The summed E-state index contributed by atoms with van der Waals surface area (Å²) in [6.07, 6.45) is 0. The van der Waals surface area contributed by atoms with Crippen LogP contribution in [0.3, 0.4) is 0 Å². The minimum Gasteiger partial charge on any atom is -0.343 e. The first-order chi connectivity index (χ1) is 15.3. The Morgan fingerprint density at radius 1 is 1.03 bits per heavy atom. The Labute approximate surface area is 194 Å². The number of pyridine rings is 1. The molecule has 0 saturated heterocycles. The highest BCUT2D eigenvalue weighted by Crippen LogP contribution is 2.23. The van der Waals surface area contributed by atoms with E-state index in [1.165, 1.54) is 12.1 Å². The van der Waals surface area contributed by atoms with Crippen molar-refractivity contribution in [1.29, 1.82) is 0 Å². The molecular formula is C23H19Cl2N5O2. The zero-order chi connectivity index (χ0) is 22.8. The van der Waals surface area contributed by atoms with Gasteiger partial charge >= 0.3 is 0 Å². The van der Waals surface area contributed by atoms with Gasteiger partial charge in [0.25, 0.3) is 5.91 Å². The van der Waals surface area contributed by atoms with Crippen molar-refractivity contribution in [2.24, 2.45) is 0 Å². The van der Waals surface area contributed by atoms with E-state index in [0.717, 1.165) is 16.5 Å². The highest BCUT2D eigenvalue weighted by atomic mass is 35.5. The van der Waals surface area contributed by atoms with Crippen LogP contribution in [0.25, 0.3) is 16.7 Å². The monoisotopic (exact) mass is 467 g/mol. The molecule has 0 atom stereocenters. The van der Waals surface area contributed by atoms with Gasteiger partial charge in [0.2, 0.25) is 5.91 Å². The van der Waals surface area contributed by atoms with Crippen molar-refractivity contribution < 1.29 is 9.59 Å². The second kappa shape index (κ2) is 8.98. The first kappa shape index (κ1) is 21.8. The minimum absolute atomic E-state index is 0.210. The van der Waals surface area contributed by atoms with Crippen LogP contribution in [0, 0.1) is 13.8 Å². The van der Waals surface area contributed by atoms with Gasteiger partial charge < -0.3 is 10.6 Å². The molecule has 0 bridgehead atoms. The number of para-hydroxylation sites is 1. The van der Waals surface area contributed by atoms with Gasteiger partial charge in [-0.25, -0.2) is 4.98 Å². The van der Waals surface area contributed by atoms with E-state index in [1.54, 1.807) is 16.8 Å². The van der Waals surface area contributed by atoms with Gasteiger partial charge in [-0.05, 0) is 49.7 Å². The van der Waals surface area contributed by atoms with Crippen molar-refractivity contribution in [2.45, 2.75) is 13.8 Å². The van der Waals surface area contributed by atoms with Crippen LogP contribution in [0.2, 0.25) is 10.0 Å². The molecule has 7 nitrogen and oxygen atoms in total. The summed E-state index contributed by atoms with van der Waals surface area (Å²) in [6.45, 7) is 3.58. The van der Waals surface area contributed by atoms with Crippen molar-refractivity contribution in [3.63, 3.8) is 0 Å². The highest BCUT2D eigenvalue weighted by Gasteiger charge is 2.15. The van der Waals surface area contributed by atoms with Crippen LogP contribution in [-0.4, -0.2) is 33.1 Å². The smallest absolute Gasteiger partial charge is 0.253 e. The number of hydrogen-bond acceptors (Lipinski definition) is 4. The van der Waals surface area contributed by atoms with Crippen LogP contribution in [0.15, 0.2) is 54.6 Å². The molecule has 2 N–H and O–H groups in total. The average Bonchev–Trinajstić information content (AvgIpc) is 3.12. The zero-order valence-corrected chi connectivity index (χ0v) is 18.8. The Hall–Kier alpha value is -3.42. The Kier molecular flexibility index (Phi) is 6.12. The number of nitrogens with one attached hydrogen (secondary N) is 2. The molecule has 9 heteroatoms. The molecule has 0 aliphatic heterocycles. The van der Waals surface area contributed by atoms with E-state index in [0.29, 0.717) is 22.4 Å². The fourth-order valence-corrected chi connectivity index (χ4v) is 3.81. The second-order valence-corrected chi connectivity index (χ2v) is 8.10. The third kappa shape index (κ3) is 4.59. The van der Waals surface area contributed by atoms with Gasteiger partial charge in [-0.15, -0.1) is 0 Å². The maximum atomic E-state index is 12.5. The van der Waals surface area contributed by atoms with E-state index in [2.05, 4.69) is 20.7 Å². The topological polar surface area (TPSA) is 88.9 Å². The molecule has 4 aromatic rings. The van der Waals surface area contributed by atoms with Gasteiger partial charge in [0.05, 0.1) is 28.3 Å². The molecule has 0 spiro atoms. The molecule has 2 aromatic carbocycles. The van der Waals surface area contributed by atoms with Crippen LogP contribution in [0.1, 0.15) is 21.6 Å². The number of carbonyl (C=O) groups excluding carboxylic acids is 2. The minimum atomic E-state index is -0.474. The van der Waals surface area contributed by atoms with Crippen molar-refractivity contribution in [3.05, 3.63) is 81.5 Å². The van der Waals surface area contributed by atoms with E-state index in [9.17, 15) is 9.59 Å². The summed E-state index contributed by atoms with van der Waals surface area (Å²) in [7, 11) is 0. The normalized spacial score (nSPS) is 10.9. The fraction of sp³-hybridized carbons (Fsp3) is 0.130. The largest absolute Gasteiger partial charge is 0.343 e. The van der Waals surface area contributed by atoms with Gasteiger partial charge in [0.1, 0.15) is 5.82 Å². The number of anilines is 1. The Bertz CT molecular complexity index is 1350. The lowest BCUT2D eigenvalue weighted by Gasteiger charge is -2.11. The number of benzene rings is 2. The number of carbonyl (C=O) groups is 2. The summed E-state index contributed by atoms with van der Waals surface area (Å²) < 4.78 is 1.57. The standard InChI is InChI=1S/C23H19Cl2N5O2/c1-13-9-20(27-19-6-4-3-5-16(13)19)30-21(10-14(2)29-30)28-22(31)12-26-23(32)17-8-7-15(24)11-18(17)25/h3-11H,12H2,1-2H3,(H,26,32)(H,28,31). The summed E-state index contributed by atoms with van der Waals surface area (Å²) in [6, 6.07) is 16.0. The van der Waals surface area contributed by atoms with Crippen molar-refractivity contribution in [3.8, 4) is 5.82 Å². The summed E-state index contributed by atoms with van der Waals surface area (Å²) >= 11 is 11.9. The molecule has 0 fully saturated rings. The summed E-state index contributed by atoms with van der Waals surface area (Å²) in [5.41, 5.74) is 2.83. The fourth-order valence-electron chi connectivity index (χ4n) is 3.32. The molecule has 0 aliphatic carbocycles. The van der Waals surface area contributed by atoms with Crippen LogP contribution in [0.4, 0.5) is 5.82 Å². The van der Waals surface area contributed by atoms with Crippen LogP contribution < -0.4 is 10.6 Å². The van der Waals surface area contributed by atoms with Gasteiger partial charge in [0.15, 0.2) is 5.82 Å². The first-order valence-electron chi connectivity index (χ1n) is 9.78. The Morgan fingerprint density at radius 2 is 1.81 bits per heavy atom. The number of halogens is 2. The second-order valence-electron chi connectivity index (χ2n) is 7.25. The molecule has 0 saturated carbocycles. The number of aryl methyl sites for hydroxylation is 2. The van der Waals surface area contributed by atoms with Crippen molar-refractivity contribution in [1.82, 2.24) is 20.1 Å². The van der Waals surface area contributed by atoms with E-state index < -0.39 is 11.8 Å². The van der Waals surface area contributed by atoms with E-state index >= 15 is 0 Å². The van der Waals surface area contributed by atoms with E-state index in [4.69, 9.17) is 23.2 Å². The summed E-state index contributed by atoms with van der Waals surface area (Å²) in [5, 5.41) is 11.5. The molecule has 2 heterocycles. The lowest BCUT2D eigenvalue weighted by Crippen LogP contribution is -2.33. The third-order valence-corrected chi connectivity index (χ3v) is 5.36. The first-order valence-corrected chi connectivity index (χ1v) is 10.5. The number of aromatic nitrogens is 3. The van der Waals surface area contributed by atoms with Crippen LogP contribution in [-0.2, 0) is 4.79 Å². The van der Waals surface area contributed by atoms with Crippen LogP contribution >= 0.6 is 23.2 Å². The van der Waals surface area contributed by atoms with Crippen LogP contribution in [0.5, 0.6) is 0 Å². The summed E-state index contributed by atoms with van der Waals surface area (Å²) in [5.74, 6) is 0.149. The van der Waals surface area contributed by atoms with Crippen molar-refractivity contribution >= 4 is 51.7 Å². The molecule has 4 rings (SSSR count). The SMILES string of the molecule is Cc1cc(NC(=O)CNC(=O)c2ccc(Cl)cc2Cl)n(-c2cc(C)c3ccccc3n2)n1. The molecule has 162 valence electrons. The number of fused-ring (bicyclic) bond motifs is 1. The lowest BCUT2D eigenvalue weighted by atomic mass is 10.1. The van der Waals surface area contributed by atoms with E-state index in [-0.39, 0.29) is 17.1 Å². The Balaban J connectivity index is 1.51. The van der Waals surface area contributed by atoms with Gasteiger partial charge in [-0.1, -0.05) is 41.4 Å². The number of rotatable bonds is 5. The molecule has 0 radical (unpaired) electrons. The maximum absolute atomic E-state index is 12.5. The summed E-state index contributed by atoms with van der Waals surface area (Å²) in [4.78, 5) is 29.5. The molecule has 2 aromatic heterocycles. The predicted octanol–water partition coefficient (Wildman–Crippen LogP) is 4.71. The average molecular weight is 468 g/mol. The number of amides is 2. The maximum Gasteiger partial charge on any atom is 0.253 e. The van der Waals surface area contributed by atoms with Crippen molar-refractivity contribution in [2.75, 3.05) is 11.9 Å². The Morgan fingerprint density at radius 3 is 2.59 bits per heavy atom. The number of hydrogen-bond donors (Lipinski definition) is 2. The number of nitrogens with zero attached hydrogens (tertiary/aromatic N) is 3. The van der Waals surface area contributed by atoms with Gasteiger partial charge in [0, 0.05) is 16.5 Å². The highest BCUT2D eigenvalue weighted by molar-refractivity contribution is 6.36. The molecule has 2 amide bonds. The third-order valence-electron chi connectivity index (χ3n) is 4.81. The quantitative estimate of drug-likeness (QED) is 0.444. The molecule has 0 unspecified atom stereocenters. The van der Waals surface area contributed by atoms with Gasteiger partial charge in [-0.2, -0.15) is 9.78 Å².